The minimum Gasteiger partial charge on any atom is -0.357 e. The molecule has 0 fully saturated rings. The Morgan fingerprint density at radius 1 is 1.23 bits per heavy atom. The van der Waals surface area contributed by atoms with Crippen molar-refractivity contribution >= 4 is 5.96 Å². The summed E-state index contributed by atoms with van der Waals surface area (Å²) in [5, 5.41) is 15.1. The van der Waals surface area contributed by atoms with E-state index in [0.717, 1.165) is 37.1 Å². The van der Waals surface area contributed by atoms with Crippen molar-refractivity contribution in [3.05, 3.63) is 47.5 Å². The topological polar surface area (TPSA) is 67.1 Å². The van der Waals surface area contributed by atoms with Crippen LogP contribution in [-0.2, 0) is 26.1 Å². The first-order chi connectivity index (χ1) is 10.9. The van der Waals surface area contributed by atoms with Gasteiger partial charge in [-0.2, -0.15) is 0 Å². The van der Waals surface area contributed by atoms with Crippen LogP contribution in [0.4, 0.5) is 0 Å². The highest BCUT2D eigenvalue weighted by Crippen LogP contribution is 2.13. The summed E-state index contributed by atoms with van der Waals surface area (Å²) in [6.07, 6.45) is 2.20. The molecule has 2 aromatic rings. The number of benzene rings is 1. The fourth-order valence-corrected chi connectivity index (χ4v) is 2.60. The van der Waals surface area contributed by atoms with Gasteiger partial charge in [0.05, 0.1) is 13.1 Å². The van der Waals surface area contributed by atoms with Gasteiger partial charge in [-0.25, -0.2) is 4.99 Å². The van der Waals surface area contributed by atoms with E-state index < -0.39 is 0 Å². The molecule has 0 unspecified atom stereocenters. The number of nitrogens with one attached hydrogen (secondary N) is 2. The van der Waals surface area contributed by atoms with E-state index in [2.05, 4.69) is 49.4 Å². The van der Waals surface area contributed by atoms with Gasteiger partial charge in [0.2, 0.25) is 0 Å². The van der Waals surface area contributed by atoms with E-state index in [1.54, 1.807) is 0 Å². The van der Waals surface area contributed by atoms with Crippen molar-refractivity contribution in [2.75, 3.05) is 6.54 Å². The van der Waals surface area contributed by atoms with Crippen molar-refractivity contribution < 1.29 is 0 Å². The summed E-state index contributed by atoms with van der Waals surface area (Å²) in [7, 11) is 0. The lowest BCUT2D eigenvalue weighted by Gasteiger charge is -2.11. The van der Waals surface area contributed by atoms with E-state index >= 15 is 0 Å². The number of nitrogens with zero attached hydrogens (tertiary/aromatic N) is 4. The van der Waals surface area contributed by atoms with Gasteiger partial charge in [-0.1, -0.05) is 30.3 Å². The highest BCUT2D eigenvalue weighted by Gasteiger charge is 2.16. The molecule has 0 atom stereocenters. The molecule has 0 bridgehead atoms. The summed E-state index contributed by atoms with van der Waals surface area (Å²) in [4.78, 5) is 4.61. The molecule has 0 spiro atoms. The molecule has 22 heavy (non-hydrogen) atoms. The van der Waals surface area contributed by atoms with Crippen LogP contribution >= 0.6 is 0 Å². The third-order valence-corrected chi connectivity index (χ3v) is 3.71. The number of aryl methyl sites for hydroxylation is 1. The van der Waals surface area contributed by atoms with E-state index in [9.17, 15) is 0 Å². The molecular weight excluding hydrogens is 276 g/mol. The van der Waals surface area contributed by atoms with E-state index in [1.807, 2.05) is 18.2 Å². The number of aromatic nitrogens is 3. The molecule has 3 rings (SSSR count). The zero-order valence-electron chi connectivity index (χ0n) is 12.9. The number of hydrogen-bond acceptors (Lipinski definition) is 3. The maximum Gasteiger partial charge on any atom is 0.191 e. The van der Waals surface area contributed by atoms with Crippen LogP contribution in [0.1, 0.15) is 30.6 Å². The number of guanidine groups is 1. The fraction of sp³-hybridized carbons (Fsp3) is 0.438. The van der Waals surface area contributed by atoms with Gasteiger partial charge in [-0.15, -0.1) is 10.2 Å². The lowest BCUT2D eigenvalue weighted by molar-refractivity contribution is 0.663. The minimum absolute atomic E-state index is 0.646. The molecule has 2 N–H and O–H groups in total. The summed E-state index contributed by atoms with van der Waals surface area (Å²) in [6.45, 7) is 5.23. The van der Waals surface area contributed by atoms with Gasteiger partial charge in [-0.3, -0.25) is 0 Å². The molecule has 6 heteroatoms. The third kappa shape index (κ3) is 3.44. The zero-order chi connectivity index (χ0) is 15.2. The molecule has 1 aromatic heterocycles. The first kappa shape index (κ1) is 14.6. The maximum atomic E-state index is 4.61. The smallest absolute Gasteiger partial charge is 0.191 e. The number of hydrogen-bond donors (Lipinski definition) is 2. The molecule has 6 nitrogen and oxygen atoms in total. The molecule has 116 valence electrons. The van der Waals surface area contributed by atoms with Crippen LogP contribution in [0.5, 0.6) is 0 Å². The minimum atomic E-state index is 0.646. The Kier molecular flexibility index (Phi) is 4.68. The van der Waals surface area contributed by atoms with Gasteiger partial charge in [0, 0.05) is 19.5 Å². The van der Waals surface area contributed by atoms with Gasteiger partial charge in [0.1, 0.15) is 5.82 Å². The number of aliphatic imine (C=N–C) groups is 1. The Bertz CT molecular complexity index is 631. The van der Waals surface area contributed by atoms with Crippen LogP contribution in [0, 0.1) is 0 Å². The van der Waals surface area contributed by atoms with Crippen LogP contribution in [0.15, 0.2) is 35.3 Å². The monoisotopic (exact) mass is 298 g/mol. The average molecular weight is 298 g/mol. The van der Waals surface area contributed by atoms with Gasteiger partial charge in [0.15, 0.2) is 11.8 Å². The van der Waals surface area contributed by atoms with Crippen LogP contribution in [0.3, 0.4) is 0 Å². The third-order valence-electron chi connectivity index (χ3n) is 3.71. The van der Waals surface area contributed by atoms with Crippen molar-refractivity contribution in [2.45, 2.75) is 39.4 Å². The van der Waals surface area contributed by atoms with Gasteiger partial charge in [0.25, 0.3) is 0 Å². The molecular formula is C16H22N6. The summed E-state index contributed by atoms with van der Waals surface area (Å²) in [5.41, 5.74) is 1.20. The molecule has 1 aliphatic rings. The Morgan fingerprint density at radius 2 is 2.09 bits per heavy atom. The molecule has 0 radical (unpaired) electrons. The molecule has 0 aliphatic carbocycles. The Balaban J connectivity index is 1.61. The molecule has 1 aromatic carbocycles. The van der Waals surface area contributed by atoms with E-state index in [1.165, 1.54) is 12.0 Å². The number of rotatable bonds is 5. The first-order valence-corrected chi connectivity index (χ1v) is 7.84. The molecule has 0 amide bonds. The van der Waals surface area contributed by atoms with Crippen molar-refractivity contribution in [3.63, 3.8) is 0 Å². The summed E-state index contributed by atoms with van der Waals surface area (Å²) in [6, 6.07) is 10.2. The number of fused-ring (bicyclic) bond motifs is 1. The second-order valence-corrected chi connectivity index (χ2v) is 5.32. The lowest BCUT2D eigenvalue weighted by atomic mass is 10.2. The first-order valence-electron chi connectivity index (χ1n) is 7.84. The van der Waals surface area contributed by atoms with Crippen LogP contribution in [0.25, 0.3) is 0 Å². The summed E-state index contributed by atoms with van der Waals surface area (Å²) in [5.74, 6) is 2.89. The van der Waals surface area contributed by atoms with Crippen molar-refractivity contribution in [1.82, 2.24) is 25.4 Å². The van der Waals surface area contributed by atoms with Crippen molar-refractivity contribution in [2.24, 2.45) is 4.99 Å². The summed E-state index contributed by atoms with van der Waals surface area (Å²) >= 11 is 0. The standard InChI is InChI=1S/C16H22N6/c1-2-17-16(18-11-13-7-4-3-5-8-13)19-12-15-21-20-14-9-6-10-22(14)15/h3-5,7-8H,2,6,9-12H2,1H3,(H2,17,18,19). The predicted molar refractivity (Wildman–Crippen MR) is 86.4 cm³/mol. The lowest BCUT2D eigenvalue weighted by Crippen LogP contribution is -2.37. The quantitative estimate of drug-likeness (QED) is 0.648. The SMILES string of the molecule is CCNC(=NCc1ccccc1)NCc1nnc2n1CCC2. The van der Waals surface area contributed by atoms with Crippen molar-refractivity contribution in [3.8, 4) is 0 Å². The largest absolute Gasteiger partial charge is 0.357 e. The van der Waals surface area contributed by atoms with Gasteiger partial charge < -0.3 is 15.2 Å². The molecule has 0 saturated heterocycles. The normalized spacial score (nSPS) is 14.0. The predicted octanol–water partition coefficient (Wildman–Crippen LogP) is 1.48. The van der Waals surface area contributed by atoms with Crippen LogP contribution in [0.2, 0.25) is 0 Å². The summed E-state index contributed by atoms with van der Waals surface area (Å²) < 4.78 is 2.20. The fourth-order valence-electron chi connectivity index (χ4n) is 2.60. The van der Waals surface area contributed by atoms with Gasteiger partial charge in [-0.05, 0) is 18.9 Å². The Labute approximate surface area is 130 Å². The van der Waals surface area contributed by atoms with E-state index in [4.69, 9.17) is 0 Å². The van der Waals surface area contributed by atoms with Crippen LogP contribution < -0.4 is 10.6 Å². The second-order valence-electron chi connectivity index (χ2n) is 5.32. The zero-order valence-corrected chi connectivity index (χ0v) is 12.9. The van der Waals surface area contributed by atoms with Crippen molar-refractivity contribution in [1.29, 1.82) is 0 Å². The Hall–Kier alpha value is -2.37. The average Bonchev–Trinajstić information content (AvgIpc) is 3.15. The van der Waals surface area contributed by atoms with Gasteiger partial charge >= 0.3 is 0 Å². The second kappa shape index (κ2) is 7.06. The molecule has 0 saturated carbocycles. The molecule has 1 aliphatic heterocycles. The highest BCUT2D eigenvalue weighted by atomic mass is 15.3. The maximum absolute atomic E-state index is 4.61. The molecule has 2 heterocycles. The Morgan fingerprint density at radius 3 is 2.91 bits per heavy atom. The van der Waals surface area contributed by atoms with Crippen LogP contribution in [-0.4, -0.2) is 27.3 Å². The van der Waals surface area contributed by atoms with E-state index in [0.29, 0.717) is 13.1 Å². The highest BCUT2D eigenvalue weighted by molar-refractivity contribution is 5.79. The van der Waals surface area contributed by atoms with E-state index in [-0.39, 0.29) is 0 Å².